The van der Waals surface area contributed by atoms with Gasteiger partial charge < -0.3 is 19.6 Å². The number of benzene rings is 1. The van der Waals surface area contributed by atoms with E-state index in [0.717, 1.165) is 11.3 Å². The molecule has 114 valence electrons. The van der Waals surface area contributed by atoms with Gasteiger partial charge in [-0.1, -0.05) is 11.6 Å². The van der Waals surface area contributed by atoms with Crippen LogP contribution in [0.2, 0.25) is 5.02 Å². The second-order valence-electron chi connectivity index (χ2n) is 5.02. The average Bonchev–Trinajstić information content (AvgIpc) is 3.00. The fourth-order valence-electron chi connectivity index (χ4n) is 1.91. The quantitative estimate of drug-likeness (QED) is 0.823. The monoisotopic (exact) mass is 309 g/mol. The zero-order valence-corrected chi connectivity index (χ0v) is 12.9. The maximum atomic E-state index is 9.94. The Kier molecular flexibility index (Phi) is 5.67. The number of aryl methyl sites for hydroxylation is 1. The largest absolute Gasteiger partial charge is 0.491 e. The Balaban J connectivity index is 1.74. The highest BCUT2D eigenvalue weighted by atomic mass is 35.5. The number of furan rings is 1. The number of hydrogen-bond donors (Lipinski definition) is 2. The standard InChI is InChI=1S/C16H20ClNO3/c1-11-8-14(5-6-15(11)17)21-10-13(19)9-18-12(2)16-4-3-7-20-16/h3-8,12-13,18-19H,9-10H2,1-2H3/t12-,13?/m1/s1. The van der Waals surface area contributed by atoms with E-state index < -0.39 is 6.10 Å². The Morgan fingerprint density at radius 3 is 2.86 bits per heavy atom. The zero-order valence-electron chi connectivity index (χ0n) is 12.2. The molecule has 2 atom stereocenters. The van der Waals surface area contributed by atoms with E-state index in [1.807, 2.05) is 32.0 Å². The van der Waals surface area contributed by atoms with Crippen molar-refractivity contribution in [1.29, 1.82) is 0 Å². The first-order valence-electron chi connectivity index (χ1n) is 6.90. The molecule has 21 heavy (non-hydrogen) atoms. The number of aliphatic hydroxyl groups is 1. The molecule has 0 saturated heterocycles. The molecule has 1 unspecified atom stereocenters. The number of nitrogens with one attached hydrogen (secondary N) is 1. The van der Waals surface area contributed by atoms with Gasteiger partial charge in [-0.3, -0.25) is 0 Å². The van der Waals surface area contributed by atoms with Gasteiger partial charge in [0.05, 0.1) is 12.3 Å². The minimum atomic E-state index is -0.599. The number of rotatable bonds is 7. The molecule has 0 fully saturated rings. The number of hydrogen-bond acceptors (Lipinski definition) is 4. The van der Waals surface area contributed by atoms with Gasteiger partial charge >= 0.3 is 0 Å². The number of ether oxygens (including phenoxy) is 1. The first kappa shape index (κ1) is 15.9. The van der Waals surface area contributed by atoms with Gasteiger partial charge in [0.25, 0.3) is 0 Å². The third-order valence-corrected chi connectivity index (χ3v) is 3.63. The first-order chi connectivity index (χ1) is 10.1. The van der Waals surface area contributed by atoms with Gasteiger partial charge in [0.2, 0.25) is 0 Å². The van der Waals surface area contributed by atoms with Crippen molar-refractivity contribution in [3.63, 3.8) is 0 Å². The molecule has 2 N–H and O–H groups in total. The third kappa shape index (κ3) is 4.77. The summed E-state index contributed by atoms with van der Waals surface area (Å²) in [5, 5.41) is 13.8. The molecule has 0 radical (unpaired) electrons. The van der Waals surface area contributed by atoms with Crippen molar-refractivity contribution in [3.05, 3.63) is 52.9 Å². The van der Waals surface area contributed by atoms with Gasteiger partial charge in [0.1, 0.15) is 24.2 Å². The normalized spacial score (nSPS) is 13.9. The smallest absolute Gasteiger partial charge is 0.120 e. The van der Waals surface area contributed by atoms with E-state index in [0.29, 0.717) is 17.3 Å². The van der Waals surface area contributed by atoms with Crippen molar-refractivity contribution < 1.29 is 14.3 Å². The van der Waals surface area contributed by atoms with Crippen molar-refractivity contribution in [3.8, 4) is 5.75 Å². The molecule has 1 aromatic carbocycles. The summed E-state index contributed by atoms with van der Waals surface area (Å²) < 4.78 is 10.8. The lowest BCUT2D eigenvalue weighted by atomic mass is 10.2. The maximum absolute atomic E-state index is 9.94. The van der Waals surface area contributed by atoms with Crippen LogP contribution in [-0.4, -0.2) is 24.4 Å². The minimum absolute atomic E-state index is 0.0485. The van der Waals surface area contributed by atoms with Gasteiger partial charge in [-0.05, 0) is 49.7 Å². The van der Waals surface area contributed by atoms with Gasteiger partial charge in [-0.25, -0.2) is 0 Å². The third-order valence-electron chi connectivity index (χ3n) is 3.20. The van der Waals surface area contributed by atoms with Gasteiger partial charge in [-0.15, -0.1) is 0 Å². The van der Waals surface area contributed by atoms with Crippen LogP contribution in [-0.2, 0) is 0 Å². The second-order valence-corrected chi connectivity index (χ2v) is 5.43. The van der Waals surface area contributed by atoms with Crippen LogP contribution in [0.4, 0.5) is 0 Å². The Morgan fingerprint density at radius 2 is 2.19 bits per heavy atom. The van der Waals surface area contributed by atoms with Crippen LogP contribution in [0, 0.1) is 6.92 Å². The summed E-state index contributed by atoms with van der Waals surface area (Å²) >= 11 is 5.95. The predicted octanol–water partition coefficient (Wildman–Crippen LogP) is 3.33. The fraction of sp³-hybridized carbons (Fsp3) is 0.375. The van der Waals surface area contributed by atoms with Crippen molar-refractivity contribution in [1.82, 2.24) is 5.32 Å². The molecule has 0 amide bonds. The first-order valence-corrected chi connectivity index (χ1v) is 7.28. The van der Waals surface area contributed by atoms with Crippen LogP contribution >= 0.6 is 11.6 Å². The highest BCUT2D eigenvalue weighted by Gasteiger charge is 2.11. The van der Waals surface area contributed by atoms with Gasteiger partial charge in [-0.2, -0.15) is 0 Å². The van der Waals surface area contributed by atoms with Crippen molar-refractivity contribution >= 4 is 11.6 Å². The van der Waals surface area contributed by atoms with E-state index in [9.17, 15) is 5.11 Å². The second kappa shape index (κ2) is 7.50. The average molecular weight is 310 g/mol. The zero-order chi connectivity index (χ0) is 15.2. The van der Waals surface area contributed by atoms with E-state index in [1.165, 1.54) is 0 Å². The number of halogens is 1. The van der Waals surface area contributed by atoms with Crippen LogP contribution in [0.3, 0.4) is 0 Å². The van der Waals surface area contributed by atoms with Crippen LogP contribution in [0.5, 0.6) is 5.75 Å². The molecular weight excluding hydrogens is 290 g/mol. The number of aliphatic hydroxyl groups excluding tert-OH is 1. The summed E-state index contributed by atoms with van der Waals surface area (Å²) in [6.45, 7) is 4.54. The summed E-state index contributed by atoms with van der Waals surface area (Å²) in [4.78, 5) is 0. The molecule has 0 saturated carbocycles. The molecule has 0 aliphatic heterocycles. The molecule has 2 aromatic rings. The minimum Gasteiger partial charge on any atom is -0.491 e. The van der Waals surface area contributed by atoms with Crippen LogP contribution in [0.1, 0.15) is 24.3 Å². The van der Waals surface area contributed by atoms with Crippen LogP contribution < -0.4 is 10.1 Å². The summed E-state index contributed by atoms with van der Waals surface area (Å²) in [7, 11) is 0. The molecule has 2 rings (SSSR count). The van der Waals surface area contributed by atoms with E-state index in [2.05, 4.69) is 5.32 Å². The van der Waals surface area contributed by atoms with Crippen LogP contribution in [0.25, 0.3) is 0 Å². The SMILES string of the molecule is Cc1cc(OCC(O)CN[C@H](C)c2ccco2)ccc1Cl. The molecule has 0 aliphatic carbocycles. The Hall–Kier alpha value is -1.49. The molecular formula is C16H20ClNO3. The highest BCUT2D eigenvalue weighted by Crippen LogP contribution is 2.21. The molecule has 0 spiro atoms. The molecule has 5 heteroatoms. The summed E-state index contributed by atoms with van der Waals surface area (Å²) in [5.74, 6) is 1.55. The van der Waals surface area contributed by atoms with Crippen molar-refractivity contribution in [2.45, 2.75) is 26.0 Å². The lowest BCUT2D eigenvalue weighted by Gasteiger charge is -2.16. The Morgan fingerprint density at radius 1 is 1.38 bits per heavy atom. The van der Waals surface area contributed by atoms with Crippen molar-refractivity contribution in [2.24, 2.45) is 0 Å². The molecule has 0 aliphatic rings. The fourth-order valence-corrected chi connectivity index (χ4v) is 2.03. The van der Waals surface area contributed by atoms with E-state index >= 15 is 0 Å². The summed E-state index contributed by atoms with van der Waals surface area (Å²) in [6, 6.07) is 9.23. The topological polar surface area (TPSA) is 54.6 Å². The lowest BCUT2D eigenvalue weighted by molar-refractivity contribution is 0.103. The molecule has 0 bridgehead atoms. The molecule has 4 nitrogen and oxygen atoms in total. The summed E-state index contributed by atoms with van der Waals surface area (Å²) in [5.41, 5.74) is 0.952. The van der Waals surface area contributed by atoms with Crippen molar-refractivity contribution in [2.75, 3.05) is 13.2 Å². The lowest BCUT2D eigenvalue weighted by Crippen LogP contribution is -2.32. The predicted molar refractivity (Wildman–Crippen MR) is 82.8 cm³/mol. The highest BCUT2D eigenvalue weighted by molar-refractivity contribution is 6.31. The molecule has 1 aromatic heterocycles. The van der Waals surface area contributed by atoms with E-state index in [4.69, 9.17) is 20.8 Å². The summed E-state index contributed by atoms with van der Waals surface area (Å²) in [6.07, 6.45) is 1.04. The maximum Gasteiger partial charge on any atom is 0.120 e. The Labute approximate surface area is 129 Å². The van der Waals surface area contributed by atoms with Gasteiger partial charge in [0.15, 0.2) is 0 Å². The van der Waals surface area contributed by atoms with Crippen LogP contribution in [0.15, 0.2) is 41.0 Å². The van der Waals surface area contributed by atoms with E-state index in [1.54, 1.807) is 18.4 Å². The Bertz CT molecular complexity index is 557. The van der Waals surface area contributed by atoms with Gasteiger partial charge in [0, 0.05) is 11.6 Å². The van der Waals surface area contributed by atoms with E-state index in [-0.39, 0.29) is 12.6 Å². The molecule has 1 heterocycles.